The predicted octanol–water partition coefficient (Wildman–Crippen LogP) is 0.972. The van der Waals surface area contributed by atoms with Gasteiger partial charge < -0.3 is 26.6 Å². The van der Waals surface area contributed by atoms with Crippen molar-refractivity contribution in [3.05, 3.63) is 52.3 Å². The van der Waals surface area contributed by atoms with Crippen LogP contribution in [0.15, 0.2) is 24.3 Å². The second kappa shape index (κ2) is 7.11. The van der Waals surface area contributed by atoms with E-state index < -0.39 is 34.4 Å². The molecule has 0 aromatic heterocycles. The summed E-state index contributed by atoms with van der Waals surface area (Å²) in [4.78, 5) is 25.6. The van der Waals surface area contributed by atoms with Crippen LogP contribution in [0.4, 0.5) is 10.1 Å². The van der Waals surface area contributed by atoms with Crippen LogP contribution in [0, 0.1) is 5.82 Å². The van der Waals surface area contributed by atoms with Crippen LogP contribution in [0.25, 0.3) is 0 Å². The minimum Gasteiger partial charge on any atom is -0.507 e. The topological polar surface area (TPSA) is 125 Å². The molecule has 0 spiro atoms. The van der Waals surface area contributed by atoms with Crippen molar-refractivity contribution in [3.8, 4) is 11.5 Å². The molecule has 0 amide bonds. The summed E-state index contributed by atoms with van der Waals surface area (Å²) in [6, 6.07) is 4.67. The standard InChI is InChI=1S/C18H18FN3O4/c19-9-1-2-10(22-8-7-21-6-5-20)14-13(9)17(25)15-11(23)3-4-12(24)16(15)18(14)26/h1-4,21-24H,5-8,20H2. The van der Waals surface area contributed by atoms with Crippen LogP contribution in [0.1, 0.15) is 31.8 Å². The summed E-state index contributed by atoms with van der Waals surface area (Å²) in [5.74, 6) is -3.35. The monoisotopic (exact) mass is 359 g/mol. The lowest BCUT2D eigenvalue weighted by atomic mass is 9.82. The third-order valence-corrected chi connectivity index (χ3v) is 4.16. The van der Waals surface area contributed by atoms with Gasteiger partial charge in [-0.1, -0.05) is 0 Å². The summed E-state index contributed by atoms with van der Waals surface area (Å²) in [6.45, 7) is 2.08. The summed E-state index contributed by atoms with van der Waals surface area (Å²) >= 11 is 0. The largest absolute Gasteiger partial charge is 0.507 e. The SMILES string of the molecule is NCCNCCNc1ccc(F)c2c1C(=O)c1c(O)ccc(O)c1C2=O. The van der Waals surface area contributed by atoms with E-state index in [2.05, 4.69) is 10.6 Å². The van der Waals surface area contributed by atoms with Crippen LogP contribution in [0.5, 0.6) is 11.5 Å². The van der Waals surface area contributed by atoms with Crippen LogP contribution >= 0.6 is 0 Å². The molecule has 0 radical (unpaired) electrons. The van der Waals surface area contributed by atoms with Crippen molar-refractivity contribution < 1.29 is 24.2 Å². The summed E-state index contributed by atoms with van der Waals surface area (Å²) in [6.07, 6.45) is 0. The number of ketones is 2. The van der Waals surface area contributed by atoms with Crippen LogP contribution in [-0.4, -0.2) is 48.0 Å². The highest BCUT2D eigenvalue weighted by Gasteiger charge is 2.38. The molecule has 26 heavy (non-hydrogen) atoms. The molecule has 2 aromatic carbocycles. The molecular weight excluding hydrogens is 341 g/mol. The van der Waals surface area contributed by atoms with Crippen molar-refractivity contribution >= 4 is 17.3 Å². The van der Waals surface area contributed by atoms with E-state index in [0.717, 1.165) is 18.2 Å². The van der Waals surface area contributed by atoms with Gasteiger partial charge in [0.25, 0.3) is 0 Å². The first-order chi connectivity index (χ1) is 12.5. The van der Waals surface area contributed by atoms with Crippen molar-refractivity contribution in [2.75, 3.05) is 31.5 Å². The highest BCUT2D eigenvalue weighted by molar-refractivity contribution is 6.31. The Morgan fingerprint density at radius 2 is 1.46 bits per heavy atom. The average Bonchev–Trinajstić information content (AvgIpc) is 2.62. The van der Waals surface area contributed by atoms with E-state index in [-0.39, 0.29) is 22.4 Å². The minimum absolute atomic E-state index is 0.151. The van der Waals surface area contributed by atoms with E-state index >= 15 is 0 Å². The molecule has 0 atom stereocenters. The molecule has 0 saturated heterocycles. The van der Waals surface area contributed by atoms with Gasteiger partial charge in [-0.05, 0) is 24.3 Å². The molecule has 6 N–H and O–H groups in total. The van der Waals surface area contributed by atoms with Crippen LogP contribution in [-0.2, 0) is 0 Å². The molecule has 1 aliphatic carbocycles. The van der Waals surface area contributed by atoms with Gasteiger partial charge in [-0.3, -0.25) is 9.59 Å². The summed E-state index contributed by atoms with van der Waals surface area (Å²) in [5, 5.41) is 26.0. The van der Waals surface area contributed by atoms with Crippen molar-refractivity contribution in [1.82, 2.24) is 5.32 Å². The minimum atomic E-state index is -0.862. The van der Waals surface area contributed by atoms with Crippen molar-refractivity contribution in [2.45, 2.75) is 0 Å². The highest BCUT2D eigenvalue weighted by atomic mass is 19.1. The third kappa shape index (κ3) is 2.89. The molecule has 0 fully saturated rings. The first-order valence-electron chi connectivity index (χ1n) is 8.08. The fraction of sp³-hybridized carbons (Fsp3) is 0.222. The molecule has 0 saturated carbocycles. The predicted molar refractivity (Wildman–Crippen MR) is 93.5 cm³/mol. The van der Waals surface area contributed by atoms with E-state index in [4.69, 9.17) is 5.73 Å². The average molecular weight is 359 g/mol. The van der Waals surface area contributed by atoms with Gasteiger partial charge in [-0.15, -0.1) is 0 Å². The van der Waals surface area contributed by atoms with Gasteiger partial charge in [-0.25, -0.2) is 4.39 Å². The second-order valence-corrected chi connectivity index (χ2v) is 5.82. The lowest BCUT2D eigenvalue weighted by molar-refractivity contribution is 0.0971. The number of hydrogen-bond acceptors (Lipinski definition) is 7. The lowest BCUT2D eigenvalue weighted by Crippen LogP contribution is -2.29. The van der Waals surface area contributed by atoms with E-state index in [1.54, 1.807) is 0 Å². The summed E-state index contributed by atoms with van der Waals surface area (Å²) < 4.78 is 14.3. The summed E-state index contributed by atoms with van der Waals surface area (Å²) in [5.41, 5.74) is 4.39. The Kier molecular flexibility index (Phi) is 4.88. The maximum atomic E-state index is 14.3. The zero-order valence-electron chi connectivity index (χ0n) is 13.8. The van der Waals surface area contributed by atoms with E-state index in [1.165, 1.54) is 6.07 Å². The van der Waals surface area contributed by atoms with Gasteiger partial charge in [0.15, 0.2) is 0 Å². The third-order valence-electron chi connectivity index (χ3n) is 4.16. The Bertz CT molecular complexity index is 898. The van der Waals surface area contributed by atoms with E-state index in [1.807, 2.05) is 0 Å². The van der Waals surface area contributed by atoms with Crippen molar-refractivity contribution in [2.24, 2.45) is 5.73 Å². The molecule has 3 rings (SSSR count). The number of aromatic hydroxyl groups is 2. The maximum absolute atomic E-state index is 14.3. The zero-order chi connectivity index (χ0) is 18.8. The highest BCUT2D eigenvalue weighted by Crippen LogP contribution is 2.40. The Balaban J connectivity index is 2.04. The smallest absolute Gasteiger partial charge is 0.201 e. The number of fused-ring (bicyclic) bond motifs is 2. The van der Waals surface area contributed by atoms with Crippen LogP contribution in [0.3, 0.4) is 0 Å². The van der Waals surface area contributed by atoms with Crippen LogP contribution < -0.4 is 16.4 Å². The van der Waals surface area contributed by atoms with E-state index in [9.17, 15) is 24.2 Å². The Labute approximate surface area is 148 Å². The Hall–Kier alpha value is -2.97. The number of anilines is 1. The van der Waals surface area contributed by atoms with Gasteiger partial charge >= 0.3 is 0 Å². The van der Waals surface area contributed by atoms with E-state index in [0.29, 0.717) is 26.2 Å². The molecule has 7 nitrogen and oxygen atoms in total. The van der Waals surface area contributed by atoms with Crippen molar-refractivity contribution in [1.29, 1.82) is 0 Å². The van der Waals surface area contributed by atoms with Gasteiger partial charge in [0.05, 0.1) is 22.3 Å². The number of nitrogens with one attached hydrogen (secondary N) is 2. The molecule has 0 aliphatic heterocycles. The molecule has 1 aliphatic rings. The lowest BCUT2D eigenvalue weighted by Gasteiger charge is -2.22. The normalized spacial score (nSPS) is 12.7. The number of rotatable bonds is 6. The van der Waals surface area contributed by atoms with Crippen molar-refractivity contribution in [3.63, 3.8) is 0 Å². The molecular formula is C18H18FN3O4. The van der Waals surface area contributed by atoms with Gasteiger partial charge in [0.2, 0.25) is 11.6 Å². The summed E-state index contributed by atoms with van der Waals surface area (Å²) in [7, 11) is 0. The van der Waals surface area contributed by atoms with Crippen LogP contribution in [0.2, 0.25) is 0 Å². The number of phenols is 2. The van der Waals surface area contributed by atoms with Gasteiger partial charge in [-0.2, -0.15) is 0 Å². The second-order valence-electron chi connectivity index (χ2n) is 5.82. The number of benzene rings is 2. The zero-order valence-corrected chi connectivity index (χ0v) is 13.8. The van der Waals surface area contributed by atoms with Gasteiger partial charge in [0.1, 0.15) is 17.3 Å². The maximum Gasteiger partial charge on any atom is 0.201 e. The first-order valence-corrected chi connectivity index (χ1v) is 8.08. The molecule has 136 valence electrons. The quantitative estimate of drug-likeness (QED) is 0.328. The number of carbonyl (C=O) groups is 2. The first kappa shape index (κ1) is 17.8. The number of nitrogens with two attached hydrogens (primary N) is 1. The fourth-order valence-electron chi connectivity index (χ4n) is 2.99. The molecule has 2 aromatic rings. The fourth-order valence-corrected chi connectivity index (χ4v) is 2.99. The molecule has 0 bridgehead atoms. The number of hydrogen-bond donors (Lipinski definition) is 5. The molecule has 0 unspecified atom stereocenters. The number of halogens is 1. The number of carbonyl (C=O) groups excluding carboxylic acids is 2. The van der Waals surface area contributed by atoms with Gasteiger partial charge in [0, 0.05) is 31.9 Å². The Morgan fingerprint density at radius 1 is 0.846 bits per heavy atom. The molecule has 8 heteroatoms. The molecule has 0 heterocycles. The number of phenolic OH excluding ortho intramolecular Hbond substituents is 2. The Morgan fingerprint density at radius 3 is 2.08 bits per heavy atom.